The molecule has 0 aliphatic carbocycles. The topological polar surface area (TPSA) is 52.7 Å². The lowest BCUT2D eigenvalue weighted by atomic mass is 10.0. The molecule has 5 heteroatoms. The molecule has 1 unspecified atom stereocenters. The molecule has 1 heterocycles. The van der Waals surface area contributed by atoms with Gasteiger partial charge in [-0.3, -0.25) is 9.59 Å². The summed E-state index contributed by atoms with van der Waals surface area (Å²) in [6.45, 7) is 5.92. The standard InChI is InChI=1S/C27H31N3O2/c1-19(2)26(27(32)30-15-14-29(3)24-11-7-6-10-23(24)18-30)28-25(31)17-20-12-13-21-8-4-5-9-22(21)16-20/h4-13,16,19,26H,14-15,17-18H2,1-3H3,(H,28,31). The van der Waals surface area contributed by atoms with E-state index in [0.29, 0.717) is 13.1 Å². The summed E-state index contributed by atoms with van der Waals surface area (Å²) >= 11 is 0. The van der Waals surface area contributed by atoms with Crippen LogP contribution < -0.4 is 10.2 Å². The Hall–Kier alpha value is -3.34. The average molecular weight is 430 g/mol. The number of fused-ring (bicyclic) bond motifs is 2. The van der Waals surface area contributed by atoms with Crippen LogP contribution in [0.1, 0.15) is 25.0 Å². The van der Waals surface area contributed by atoms with Gasteiger partial charge in [0.2, 0.25) is 11.8 Å². The molecule has 0 bridgehead atoms. The van der Waals surface area contributed by atoms with Crippen LogP contribution in [0.4, 0.5) is 5.69 Å². The van der Waals surface area contributed by atoms with Crippen molar-refractivity contribution in [2.45, 2.75) is 32.9 Å². The van der Waals surface area contributed by atoms with Gasteiger partial charge in [0.1, 0.15) is 6.04 Å². The van der Waals surface area contributed by atoms with Crippen LogP contribution in [-0.2, 0) is 22.6 Å². The number of likely N-dealkylation sites (N-methyl/N-ethyl adjacent to an activating group) is 1. The number of para-hydroxylation sites is 1. The normalized spacial score (nSPS) is 14.8. The lowest BCUT2D eigenvalue weighted by Gasteiger charge is -2.29. The number of carbonyl (C=O) groups is 2. The predicted molar refractivity (Wildman–Crippen MR) is 130 cm³/mol. The minimum atomic E-state index is -0.543. The van der Waals surface area contributed by atoms with Crippen molar-refractivity contribution in [2.75, 3.05) is 25.0 Å². The van der Waals surface area contributed by atoms with Crippen molar-refractivity contribution in [3.8, 4) is 0 Å². The van der Waals surface area contributed by atoms with E-state index in [2.05, 4.69) is 35.5 Å². The number of nitrogens with zero attached hydrogens (tertiary/aromatic N) is 2. The van der Waals surface area contributed by atoms with Gasteiger partial charge in [0.25, 0.3) is 0 Å². The first kappa shape index (κ1) is 21.9. The summed E-state index contributed by atoms with van der Waals surface area (Å²) in [5.74, 6) is -0.143. The van der Waals surface area contributed by atoms with E-state index < -0.39 is 6.04 Å². The number of nitrogens with one attached hydrogen (secondary N) is 1. The molecular formula is C27H31N3O2. The third-order valence-electron chi connectivity index (χ3n) is 6.21. The number of hydrogen-bond acceptors (Lipinski definition) is 3. The van der Waals surface area contributed by atoms with Crippen LogP contribution in [0.5, 0.6) is 0 Å². The van der Waals surface area contributed by atoms with E-state index in [0.717, 1.165) is 34.1 Å². The molecule has 1 N–H and O–H groups in total. The van der Waals surface area contributed by atoms with E-state index >= 15 is 0 Å². The van der Waals surface area contributed by atoms with Crippen molar-refractivity contribution < 1.29 is 9.59 Å². The Balaban J connectivity index is 1.46. The van der Waals surface area contributed by atoms with Gasteiger partial charge >= 0.3 is 0 Å². The van der Waals surface area contributed by atoms with Crippen molar-refractivity contribution in [1.82, 2.24) is 10.2 Å². The Morgan fingerprint density at radius 1 is 0.938 bits per heavy atom. The average Bonchev–Trinajstić information content (AvgIpc) is 2.96. The van der Waals surface area contributed by atoms with Gasteiger partial charge in [-0.25, -0.2) is 0 Å². The van der Waals surface area contributed by atoms with Crippen LogP contribution in [-0.4, -0.2) is 42.9 Å². The van der Waals surface area contributed by atoms with Crippen molar-refractivity contribution in [3.05, 3.63) is 77.9 Å². The number of rotatable bonds is 5. The summed E-state index contributed by atoms with van der Waals surface area (Å²) in [7, 11) is 2.05. The molecule has 4 rings (SSSR count). The predicted octanol–water partition coefficient (Wildman–Crippen LogP) is 4.00. The molecule has 1 aliphatic heterocycles. The minimum Gasteiger partial charge on any atom is -0.373 e. The molecule has 3 aromatic rings. The van der Waals surface area contributed by atoms with Crippen LogP contribution in [0.15, 0.2) is 66.7 Å². The van der Waals surface area contributed by atoms with E-state index in [1.807, 2.05) is 67.3 Å². The zero-order valence-corrected chi connectivity index (χ0v) is 19.0. The van der Waals surface area contributed by atoms with Crippen LogP contribution in [0, 0.1) is 5.92 Å². The third-order valence-corrected chi connectivity index (χ3v) is 6.21. The number of amides is 2. The van der Waals surface area contributed by atoms with Crippen LogP contribution in [0.25, 0.3) is 10.8 Å². The number of carbonyl (C=O) groups excluding carboxylic acids is 2. The third kappa shape index (κ3) is 4.77. The maximum Gasteiger partial charge on any atom is 0.245 e. The second-order valence-corrected chi connectivity index (χ2v) is 8.96. The Kier molecular flexibility index (Phi) is 6.45. The molecule has 2 amide bonds. The Labute approximate surface area is 190 Å². The second kappa shape index (κ2) is 9.43. The lowest BCUT2D eigenvalue weighted by molar-refractivity contribution is -0.138. The van der Waals surface area contributed by atoms with Gasteiger partial charge in [-0.2, -0.15) is 0 Å². The fourth-order valence-electron chi connectivity index (χ4n) is 4.35. The molecule has 166 valence electrons. The molecule has 0 radical (unpaired) electrons. The van der Waals surface area contributed by atoms with Crippen molar-refractivity contribution in [2.24, 2.45) is 5.92 Å². The number of hydrogen-bond donors (Lipinski definition) is 1. The smallest absolute Gasteiger partial charge is 0.245 e. The monoisotopic (exact) mass is 429 g/mol. The molecule has 0 fully saturated rings. The SMILES string of the molecule is CC(C)C(NC(=O)Cc1ccc2ccccc2c1)C(=O)N1CCN(C)c2ccccc2C1. The van der Waals surface area contributed by atoms with E-state index in [9.17, 15) is 9.59 Å². The van der Waals surface area contributed by atoms with Crippen molar-refractivity contribution in [1.29, 1.82) is 0 Å². The molecule has 0 saturated heterocycles. The van der Waals surface area contributed by atoms with Gasteiger partial charge in [-0.15, -0.1) is 0 Å². The summed E-state index contributed by atoms with van der Waals surface area (Å²) in [6.07, 6.45) is 0.257. The summed E-state index contributed by atoms with van der Waals surface area (Å²) in [5.41, 5.74) is 3.23. The van der Waals surface area contributed by atoms with E-state index in [1.54, 1.807) is 0 Å². The Bertz CT molecular complexity index is 1120. The van der Waals surface area contributed by atoms with E-state index in [-0.39, 0.29) is 24.2 Å². The van der Waals surface area contributed by atoms with Crippen molar-refractivity contribution in [3.63, 3.8) is 0 Å². The van der Waals surface area contributed by atoms with Crippen LogP contribution in [0.2, 0.25) is 0 Å². The molecule has 0 aromatic heterocycles. The molecular weight excluding hydrogens is 398 g/mol. The maximum atomic E-state index is 13.5. The second-order valence-electron chi connectivity index (χ2n) is 8.96. The van der Waals surface area contributed by atoms with Crippen molar-refractivity contribution >= 4 is 28.3 Å². The summed E-state index contributed by atoms with van der Waals surface area (Å²) in [5, 5.41) is 5.29. The fourth-order valence-corrected chi connectivity index (χ4v) is 4.35. The molecule has 1 aliphatic rings. The number of anilines is 1. The van der Waals surface area contributed by atoms with Crippen LogP contribution >= 0.6 is 0 Å². The highest BCUT2D eigenvalue weighted by molar-refractivity contribution is 5.90. The highest BCUT2D eigenvalue weighted by Gasteiger charge is 2.30. The highest BCUT2D eigenvalue weighted by atomic mass is 16.2. The summed E-state index contributed by atoms with van der Waals surface area (Å²) in [6, 6.07) is 21.8. The maximum absolute atomic E-state index is 13.5. The Morgan fingerprint density at radius 2 is 1.66 bits per heavy atom. The van der Waals surface area contributed by atoms with Gasteiger partial charge < -0.3 is 15.1 Å². The number of benzene rings is 3. The van der Waals surface area contributed by atoms with Crippen LogP contribution in [0.3, 0.4) is 0 Å². The molecule has 0 saturated carbocycles. The molecule has 3 aromatic carbocycles. The zero-order chi connectivity index (χ0) is 22.7. The Morgan fingerprint density at radius 3 is 2.44 bits per heavy atom. The minimum absolute atomic E-state index is 0.000667. The highest BCUT2D eigenvalue weighted by Crippen LogP contribution is 2.24. The molecule has 0 spiro atoms. The first-order valence-electron chi connectivity index (χ1n) is 11.3. The van der Waals surface area contributed by atoms with Gasteiger partial charge in [0.05, 0.1) is 6.42 Å². The summed E-state index contributed by atoms with van der Waals surface area (Å²) in [4.78, 5) is 30.4. The van der Waals surface area contributed by atoms with Gasteiger partial charge in [0, 0.05) is 32.4 Å². The molecule has 5 nitrogen and oxygen atoms in total. The first-order chi connectivity index (χ1) is 15.4. The van der Waals surface area contributed by atoms with Gasteiger partial charge in [0.15, 0.2) is 0 Å². The van der Waals surface area contributed by atoms with E-state index in [1.165, 1.54) is 0 Å². The summed E-state index contributed by atoms with van der Waals surface area (Å²) < 4.78 is 0. The quantitative estimate of drug-likeness (QED) is 0.667. The largest absolute Gasteiger partial charge is 0.373 e. The van der Waals surface area contributed by atoms with E-state index in [4.69, 9.17) is 0 Å². The fraction of sp³-hybridized carbons (Fsp3) is 0.333. The molecule has 1 atom stereocenters. The first-order valence-corrected chi connectivity index (χ1v) is 11.3. The lowest BCUT2D eigenvalue weighted by Crippen LogP contribution is -2.52. The zero-order valence-electron chi connectivity index (χ0n) is 19.0. The van der Waals surface area contributed by atoms with Gasteiger partial charge in [-0.05, 0) is 33.9 Å². The molecule has 32 heavy (non-hydrogen) atoms. The van der Waals surface area contributed by atoms with Gasteiger partial charge in [-0.1, -0.05) is 74.5 Å².